The van der Waals surface area contributed by atoms with Crippen molar-refractivity contribution in [1.82, 2.24) is 0 Å². The first kappa shape index (κ1) is 18.9. The van der Waals surface area contributed by atoms with Crippen LogP contribution < -0.4 is 5.11 Å². The van der Waals surface area contributed by atoms with Crippen LogP contribution in [-0.4, -0.2) is 30.6 Å². The minimum absolute atomic E-state index is 0.256. The van der Waals surface area contributed by atoms with E-state index >= 15 is 0 Å². The lowest BCUT2D eigenvalue weighted by Gasteiger charge is -2.28. The largest absolute Gasteiger partial charge is 0.550 e. The molecule has 0 radical (unpaired) electrons. The smallest absolute Gasteiger partial charge is 0.0597 e. The fraction of sp³-hybridized carbons (Fsp3) is 0.938. The fourth-order valence-electron chi connectivity index (χ4n) is 2.71. The molecule has 2 nitrogen and oxygen atoms in total. The van der Waals surface area contributed by atoms with Crippen LogP contribution in [0.1, 0.15) is 72.1 Å². The molecule has 19 heavy (non-hydrogen) atoms. The molecular weight excluding hydrogens is 255 g/mol. The summed E-state index contributed by atoms with van der Waals surface area (Å²) in [5, 5.41) is 10.6. The van der Waals surface area contributed by atoms with Gasteiger partial charge >= 0.3 is 0 Å². The highest BCUT2D eigenvalue weighted by Crippen LogP contribution is 2.61. The zero-order valence-electron chi connectivity index (χ0n) is 13.2. The van der Waals surface area contributed by atoms with Crippen LogP contribution in [0.5, 0.6) is 0 Å². The van der Waals surface area contributed by atoms with E-state index in [-0.39, 0.29) is 6.42 Å². The Morgan fingerprint density at radius 3 is 1.47 bits per heavy atom. The minimum atomic E-state index is -0.893. The second-order valence-electron chi connectivity index (χ2n) is 5.77. The van der Waals surface area contributed by atoms with Gasteiger partial charge in [0.25, 0.3) is 0 Å². The average molecular weight is 288 g/mol. The maximum atomic E-state index is 10.6. The van der Waals surface area contributed by atoms with Crippen molar-refractivity contribution in [3.05, 3.63) is 0 Å². The second-order valence-corrected chi connectivity index (χ2v) is 10.2. The maximum absolute atomic E-state index is 10.6. The first-order chi connectivity index (χ1) is 9.10. The summed E-state index contributed by atoms with van der Waals surface area (Å²) in [4.78, 5) is 10.6. The summed E-state index contributed by atoms with van der Waals surface area (Å²) in [5.74, 6) is -0.875. The Bertz CT molecular complexity index is 207. The van der Waals surface area contributed by atoms with Gasteiger partial charge in [0.2, 0.25) is 0 Å². The molecule has 0 heterocycles. The third-order valence-corrected chi connectivity index (χ3v) is 9.03. The summed E-state index contributed by atoms with van der Waals surface area (Å²) in [5.41, 5.74) is 0. The molecule has 3 heteroatoms. The summed E-state index contributed by atoms with van der Waals surface area (Å²) < 4.78 is 0. The summed E-state index contributed by atoms with van der Waals surface area (Å²) in [6, 6.07) is 0. The molecule has 0 aromatic carbocycles. The zero-order valence-corrected chi connectivity index (χ0v) is 14.1. The molecule has 0 aromatic rings. The summed E-state index contributed by atoms with van der Waals surface area (Å²) in [7, 11) is -0.893. The Morgan fingerprint density at radius 2 is 1.16 bits per heavy atom. The van der Waals surface area contributed by atoms with Crippen molar-refractivity contribution < 1.29 is 9.90 Å². The fourth-order valence-corrected chi connectivity index (χ4v) is 7.84. The number of carbonyl (C=O) groups is 1. The van der Waals surface area contributed by atoms with Gasteiger partial charge in [-0.3, -0.25) is 0 Å². The highest BCUT2D eigenvalue weighted by atomic mass is 31.2. The summed E-state index contributed by atoms with van der Waals surface area (Å²) >= 11 is 0. The van der Waals surface area contributed by atoms with Crippen molar-refractivity contribution in [2.45, 2.75) is 72.1 Å². The molecule has 0 aliphatic carbocycles. The highest BCUT2D eigenvalue weighted by Gasteiger charge is 2.34. The predicted molar refractivity (Wildman–Crippen MR) is 85.4 cm³/mol. The third kappa shape index (κ3) is 9.44. The number of carboxylic acid groups (broad SMARTS) is 1. The van der Waals surface area contributed by atoms with E-state index in [1.807, 2.05) is 0 Å². The Labute approximate surface area is 120 Å². The molecule has 0 aliphatic rings. The molecule has 0 atom stereocenters. The third-order valence-electron chi connectivity index (χ3n) is 3.97. The first-order valence-electron chi connectivity index (χ1n) is 8.15. The number of rotatable bonds is 13. The molecule has 0 bridgehead atoms. The normalized spacial score (nSPS) is 11.7. The van der Waals surface area contributed by atoms with Gasteiger partial charge in [0, 0.05) is 13.2 Å². The van der Waals surface area contributed by atoms with E-state index in [4.69, 9.17) is 0 Å². The number of hydrogen-bond donors (Lipinski definition) is 0. The standard InChI is InChI=1S/C16H33O2P/c1-4-7-12-19(13-8-5-2,14-9-6-3)15-10-11-16(17)18/h4-15H2,1-3H3. The number of aliphatic carboxylic acids is 1. The molecule has 0 fully saturated rings. The molecule has 0 spiro atoms. The van der Waals surface area contributed by atoms with Crippen molar-refractivity contribution in [1.29, 1.82) is 0 Å². The lowest BCUT2D eigenvalue weighted by atomic mass is 10.3. The van der Waals surface area contributed by atoms with E-state index in [1.54, 1.807) is 0 Å². The van der Waals surface area contributed by atoms with Gasteiger partial charge < -0.3 is 9.90 Å². The van der Waals surface area contributed by atoms with Crippen molar-refractivity contribution in [3.63, 3.8) is 0 Å². The zero-order chi connectivity index (χ0) is 14.6. The monoisotopic (exact) mass is 288 g/mol. The summed E-state index contributed by atoms with van der Waals surface area (Å²) in [6.07, 6.45) is 14.2. The Hall–Kier alpha value is -0.100. The van der Waals surface area contributed by atoms with E-state index in [0.717, 1.165) is 6.42 Å². The van der Waals surface area contributed by atoms with Crippen LogP contribution in [0.2, 0.25) is 0 Å². The molecule has 114 valence electrons. The molecule has 0 rings (SSSR count). The van der Waals surface area contributed by atoms with Crippen LogP contribution in [0.3, 0.4) is 0 Å². The molecular formula is C16H33O2P. The van der Waals surface area contributed by atoms with Crippen LogP contribution >= 0.6 is 7.26 Å². The Balaban J connectivity index is 4.51. The molecule has 0 aliphatic heterocycles. The average Bonchev–Trinajstić information content (AvgIpc) is 2.39. The number of carboxylic acids is 1. The van der Waals surface area contributed by atoms with E-state index in [1.165, 1.54) is 63.2 Å². The second kappa shape index (κ2) is 11.7. The van der Waals surface area contributed by atoms with Gasteiger partial charge in [0.15, 0.2) is 0 Å². The van der Waals surface area contributed by atoms with E-state index in [9.17, 15) is 9.90 Å². The van der Waals surface area contributed by atoms with Crippen molar-refractivity contribution >= 4 is 13.2 Å². The Kier molecular flexibility index (Phi) is 11.6. The number of hydrogen-bond acceptors (Lipinski definition) is 2. The van der Waals surface area contributed by atoms with E-state index in [0.29, 0.717) is 0 Å². The van der Waals surface area contributed by atoms with Gasteiger partial charge in [-0.25, -0.2) is 0 Å². The van der Waals surface area contributed by atoms with Crippen LogP contribution in [0.4, 0.5) is 0 Å². The van der Waals surface area contributed by atoms with Gasteiger partial charge in [0.1, 0.15) is 0 Å². The molecule has 0 N–H and O–H groups in total. The lowest BCUT2D eigenvalue weighted by Crippen LogP contribution is -2.22. The highest BCUT2D eigenvalue weighted by molar-refractivity contribution is 7.75. The number of carbonyl (C=O) groups excluding carboxylic acids is 1. The van der Waals surface area contributed by atoms with Gasteiger partial charge in [-0.15, -0.1) is 0 Å². The van der Waals surface area contributed by atoms with Crippen LogP contribution in [0, 0.1) is 0 Å². The van der Waals surface area contributed by atoms with Gasteiger partial charge in [-0.1, -0.05) is 40.0 Å². The SMILES string of the molecule is CCCC[P+](CCCC)(CCCC)CCCC(=O)[O-]. The lowest BCUT2D eigenvalue weighted by molar-refractivity contribution is -0.305. The van der Waals surface area contributed by atoms with Gasteiger partial charge in [-0.2, -0.15) is 0 Å². The first-order valence-corrected chi connectivity index (χ1v) is 10.7. The van der Waals surface area contributed by atoms with Crippen molar-refractivity contribution in [3.8, 4) is 0 Å². The van der Waals surface area contributed by atoms with Crippen LogP contribution in [0.15, 0.2) is 0 Å². The van der Waals surface area contributed by atoms with E-state index < -0.39 is 13.2 Å². The van der Waals surface area contributed by atoms with Crippen molar-refractivity contribution in [2.24, 2.45) is 0 Å². The van der Waals surface area contributed by atoms with E-state index in [2.05, 4.69) is 20.8 Å². The Morgan fingerprint density at radius 1 is 0.789 bits per heavy atom. The van der Waals surface area contributed by atoms with Gasteiger partial charge in [0.05, 0.1) is 24.6 Å². The molecule has 0 saturated heterocycles. The number of unbranched alkanes of at least 4 members (excludes halogenated alkanes) is 3. The molecule has 0 unspecified atom stereocenters. The van der Waals surface area contributed by atoms with Gasteiger partial charge in [-0.05, 0) is 32.1 Å². The predicted octanol–water partition coefficient (Wildman–Crippen LogP) is 3.93. The van der Waals surface area contributed by atoms with Crippen LogP contribution in [0.25, 0.3) is 0 Å². The molecule has 0 aromatic heterocycles. The summed E-state index contributed by atoms with van der Waals surface area (Å²) in [6.45, 7) is 6.78. The molecule has 0 saturated carbocycles. The van der Waals surface area contributed by atoms with Crippen molar-refractivity contribution in [2.75, 3.05) is 24.6 Å². The van der Waals surface area contributed by atoms with Crippen LogP contribution in [-0.2, 0) is 4.79 Å². The topological polar surface area (TPSA) is 40.1 Å². The minimum Gasteiger partial charge on any atom is -0.550 e. The maximum Gasteiger partial charge on any atom is 0.0597 e. The quantitative estimate of drug-likeness (QED) is 0.482. The molecule has 0 amide bonds.